The molecule has 2 amide bonds. The first-order chi connectivity index (χ1) is 12.9. The van der Waals surface area contributed by atoms with E-state index in [0.717, 1.165) is 0 Å². The molecule has 2 heterocycles. The lowest BCUT2D eigenvalue weighted by Gasteiger charge is -2.35. The number of benzene rings is 1. The maximum absolute atomic E-state index is 13.0. The number of ether oxygens (including phenoxy) is 1. The lowest BCUT2D eigenvalue weighted by Crippen LogP contribution is -2.49. The van der Waals surface area contributed by atoms with Gasteiger partial charge < -0.3 is 15.0 Å². The Kier molecular flexibility index (Phi) is 6.13. The molecule has 8 nitrogen and oxygen atoms in total. The summed E-state index contributed by atoms with van der Waals surface area (Å²) in [6.45, 7) is 2.75. The van der Waals surface area contributed by atoms with Crippen molar-refractivity contribution in [3.05, 3.63) is 29.8 Å². The van der Waals surface area contributed by atoms with E-state index in [1.807, 2.05) is 0 Å². The number of carbonyl (C=O) groups excluding carboxylic acids is 2. The van der Waals surface area contributed by atoms with Gasteiger partial charge in [-0.25, -0.2) is 8.42 Å². The summed E-state index contributed by atoms with van der Waals surface area (Å²) in [5.74, 6) is -0.585. The highest BCUT2D eigenvalue weighted by Gasteiger charge is 2.35. The molecule has 2 saturated heterocycles. The van der Waals surface area contributed by atoms with E-state index in [0.29, 0.717) is 51.3 Å². The number of hydrogen-bond acceptors (Lipinski definition) is 5. The van der Waals surface area contributed by atoms with Crippen LogP contribution in [0.2, 0.25) is 0 Å². The SMILES string of the molecule is CNC(=O)c1ccc(S(=O)(=O)N2CCCC(C(=O)N3CCOCC3)C2)cc1. The molecule has 1 aromatic rings. The number of piperidine rings is 1. The standard InChI is InChI=1S/C18H25N3O5S/c1-19-17(22)14-4-6-16(7-5-14)27(24,25)21-8-2-3-15(13-21)18(23)20-9-11-26-12-10-20/h4-7,15H,2-3,8-13H2,1H3,(H,19,22). The molecule has 0 spiro atoms. The van der Waals surface area contributed by atoms with Crippen molar-refractivity contribution in [2.75, 3.05) is 46.4 Å². The molecule has 3 rings (SSSR count). The Balaban J connectivity index is 1.72. The van der Waals surface area contributed by atoms with Gasteiger partial charge in [-0.1, -0.05) is 0 Å². The van der Waals surface area contributed by atoms with Gasteiger partial charge in [-0.15, -0.1) is 0 Å². The van der Waals surface area contributed by atoms with Gasteiger partial charge in [0.1, 0.15) is 0 Å². The summed E-state index contributed by atoms with van der Waals surface area (Å²) in [6, 6.07) is 5.86. The second kappa shape index (κ2) is 8.37. The zero-order valence-electron chi connectivity index (χ0n) is 15.4. The number of hydrogen-bond donors (Lipinski definition) is 1. The highest BCUT2D eigenvalue weighted by Crippen LogP contribution is 2.25. The predicted octanol–water partition coefficient (Wildman–Crippen LogP) is 0.306. The molecule has 1 unspecified atom stereocenters. The normalized spacial score (nSPS) is 21.7. The first-order valence-electron chi connectivity index (χ1n) is 9.12. The lowest BCUT2D eigenvalue weighted by atomic mass is 9.98. The molecule has 9 heteroatoms. The summed E-state index contributed by atoms with van der Waals surface area (Å²) in [4.78, 5) is 26.2. The maximum Gasteiger partial charge on any atom is 0.251 e. The van der Waals surface area contributed by atoms with Crippen molar-refractivity contribution >= 4 is 21.8 Å². The van der Waals surface area contributed by atoms with Gasteiger partial charge in [-0.2, -0.15) is 4.31 Å². The topological polar surface area (TPSA) is 96.0 Å². The lowest BCUT2D eigenvalue weighted by molar-refractivity contribution is -0.140. The number of amides is 2. The van der Waals surface area contributed by atoms with E-state index in [9.17, 15) is 18.0 Å². The van der Waals surface area contributed by atoms with E-state index in [4.69, 9.17) is 4.74 Å². The van der Waals surface area contributed by atoms with Crippen molar-refractivity contribution in [1.82, 2.24) is 14.5 Å². The van der Waals surface area contributed by atoms with E-state index >= 15 is 0 Å². The van der Waals surface area contributed by atoms with Gasteiger partial charge in [-0.3, -0.25) is 9.59 Å². The molecule has 0 aliphatic carbocycles. The van der Waals surface area contributed by atoms with Crippen molar-refractivity contribution in [3.63, 3.8) is 0 Å². The Morgan fingerprint density at radius 2 is 1.78 bits per heavy atom. The first kappa shape index (κ1) is 19.8. The molecule has 2 aliphatic heterocycles. The fourth-order valence-corrected chi connectivity index (χ4v) is 5.00. The summed E-state index contributed by atoms with van der Waals surface area (Å²) in [7, 11) is -2.18. The summed E-state index contributed by atoms with van der Waals surface area (Å²) in [6.07, 6.45) is 1.34. The molecule has 1 N–H and O–H groups in total. The number of nitrogens with one attached hydrogen (secondary N) is 1. The Bertz CT molecular complexity index is 788. The van der Waals surface area contributed by atoms with Crippen LogP contribution in [0.25, 0.3) is 0 Å². The van der Waals surface area contributed by atoms with Crippen molar-refractivity contribution in [1.29, 1.82) is 0 Å². The van der Waals surface area contributed by atoms with Gasteiger partial charge in [0.2, 0.25) is 15.9 Å². The zero-order chi connectivity index (χ0) is 19.4. The summed E-state index contributed by atoms with van der Waals surface area (Å²) < 4.78 is 32.6. The highest BCUT2D eigenvalue weighted by atomic mass is 32.2. The van der Waals surface area contributed by atoms with Crippen molar-refractivity contribution < 1.29 is 22.7 Å². The quantitative estimate of drug-likeness (QED) is 0.791. The molecule has 2 fully saturated rings. The smallest absolute Gasteiger partial charge is 0.251 e. The van der Waals surface area contributed by atoms with Crippen LogP contribution in [-0.4, -0.2) is 75.9 Å². The van der Waals surface area contributed by atoms with Gasteiger partial charge in [-0.05, 0) is 37.1 Å². The third kappa shape index (κ3) is 4.31. The first-order valence-corrected chi connectivity index (χ1v) is 10.6. The highest BCUT2D eigenvalue weighted by molar-refractivity contribution is 7.89. The molecule has 148 valence electrons. The average molecular weight is 395 g/mol. The summed E-state index contributed by atoms with van der Waals surface area (Å²) in [5.41, 5.74) is 0.399. The fraction of sp³-hybridized carbons (Fsp3) is 0.556. The monoisotopic (exact) mass is 395 g/mol. The third-order valence-electron chi connectivity index (χ3n) is 5.04. The van der Waals surface area contributed by atoms with Crippen molar-refractivity contribution in [2.45, 2.75) is 17.7 Å². The van der Waals surface area contributed by atoms with Crippen LogP contribution in [-0.2, 0) is 19.6 Å². The fourth-order valence-electron chi connectivity index (χ4n) is 3.48. The van der Waals surface area contributed by atoms with E-state index < -0.39 is 10.0 Å². The number of nitrogens with zero attached hydrogens (tertiary/aromatic N) is 2. The predicted molar refractivity (Wildman–Crippen MR) is 98.7 cm³/mol. The maximum atomic E-state index is 13.0. The number of rotatable bonds is 4. The van der Waals surface area contributed by atoms with Crippen LogP contribution in [0.3, 0.4) is 0 Å². The molecular formula is C18H25N3O5S. The minimum Gasteiger partial charge on any atom is -0.378 e. The van der Waals surface area contributed by atoms with Crippen LogP contribution < -0.4 is 5.32 Å². The second-order valence-corrected chi connectivity index (χ2v) is 8.68. The summed E-state index contributed by atoms with van der Waals surface area (Å²) in [5, 5.41) is 2.50. The van der Waals surface area contributed by atoms with Gasteiger partial charge in [0.25, 0.3) is 5.91 Å². The largest absolute Gasteiger partial charge is 0.378 e. The zero-order valence-corrected chi connectivity index (χ0v) is 16.2. The minimum atomic E-state index is -3.70. The molecule has 0 aromatic heterocycles. The van der Waals surface area contributed by atoms with Gasteiger partial charge in [0.15, 0.2) is 0 Å². The molecule has 0 bridgehead atoms. The molecule has 2 aliphatic rings. The summed E-state index contributed by atoms with van der Waals surface area (Å²) >= 11 is 0. The van der Waals surface area contributed by atoms with Crippen molar-refractivity contribution in [2.24, 2.45) is 5.92 Å². The number of carbonyl (C=O) groups is 2. The Morgan fingerprint density at radius 3 is 2.41 bits per heavy atom. The second-order valence-electron chi connectivity index (χ2n) is 6.74. The molecule has 27 heavy (non-hydrogen) atoms. The van der Waals surface area contributed by atoms with E-state index in [1.54, 1.807) is 4.90 Å². The third-order valence-corrected chi connectivity index (χ3v) is 6.92. The Labute approximate surface area is 159 Å². The molecule has 1 aromatic carbocycles. The van der Waals surface area contributed by atoms with Crippen LogP contribution in [0.15, 0.2) is 29.2 Å². The van der Waals surface area contributed by atoms with Crippen LogP contribution in [0.4, 0.5) is 0 Å². The van der Waals surface area contributed by atoms with Crippen molar-refractivity contribution in [3.8, 4) is 0 Å². The van der Waals surface area contributed by atoms with Gasteiger partial charge in [0, 0.05) is 38.8 Å². The van der Waals surface area contributed by atoms with E-state index in [1.165, 1.54) is 35.6 Å². The molecular weight excluding hydrogens is 370 g/mol. The minimum absolute atomic E-state index is 0.00756. The molecule has 0 radical (unpaired) electrons. The molecule has 1 atom stereocenters. The van der Waals surface area contributed by atoms with Crippen LogP contribution in [0, 0.1) is 5.92 Å². The van der Waals surface area contributed by atoms with Crippen LogP contribution in [0.5, 0.6) is 0 Å². The number of sulfonamides is 1. The van der Waals surface area contributed by atoms with E-state index in [-0.39, 0.29) is 29.2 Å². The number of morpholine rings is 1. The van der Waals surface area contributed by atoms with Crippen LogP contribution in [0.1, 0.15) is 23.2 Å². The van der Waals surface area contributed by atoms with E-state index in [2.05, 4.69) is 5.32 Å². The van der Waals surface area contributed by atoms with Gasteiger partial charge >= 0.3 is 0 Å². The van der Waals surface area contributed by atoms with Crippen LogP contribution >= 0.6 is 0 Å². The van der Waals surface area contributed by atoms with Gasteiger partial charge in [0.05, 0.1) is 24.0 Å². The molecule has 0 saturated carbocycles. The Hall–Kier alpha value is -1.97. The Morgan fingerprint density at radius 1 is 1.11 bits per heavy atom. The average Bonchev–Trinajstić information content (AvgIpc) is 2.73.